The number of aryl methyl sites for hydroxylation is 1. The number of allylic oxidation sites excluding steroid dienone is 1. The normalized spacial score (nSPS) is 17.8. The Balaban J connectivity index is 2.27. The lowest BCUT2D eigenvalue weighted by molar-refractivity contribution is -0.255. The van der Waals surface area contributed by atoms with Crippen molar-refractivity contribution >= 4 is 16.8 Å². The topological polar surface area (TPSA) is 96.4 Å². The van der Waals surface area contributed by atoms with Gasteiger partial charge < -0.3 is 20.5 Å². The molecule has 0 aliphatic heterocycles. The van der Waals surface area contributed by atoms with E-state index in [-0.39, 0.29) is 11.3 Å². The van der Waals surface area contributed by atoms with E-state index in [1.165, 1.54) is 40.0 Å². The number of nitrogens with zero attached hydrogens (tertiary/aromatic N) is 2. The number of rotatable bonds is 12. The van der Waals surface area contributed by atoms with Crippen LogP contribution in [0.25, 0.3) is 10.9 Å². The highest BCUT2D eigenvalue weighted by molar-refractivity contribution is 5.99. The Hall–Kier alpha value is -2.86. The summed E-state index contributed by atoms with van der Waals surface area (Å²) in [5.41, 5.74) is -2.53. The van der Waals surface area contributed by atoms with Crippen LogP contribution >= 0.6 is 0 Å². The molecule has 3 N–H and O–H groups in total. The lowest BCUT2D eigenvalue weighted by Gasteiger charge is -2.37. The zero-order chi connectivity index (χ0) is 28.1. The second-order valence-corrected chi connectivity index (χ2v) is 9.30. The molecule has 1 aromatic carbocycles. The van der Waals surface area contributed by atoms with Gasteiger partial charge in [-0.3, -0.25) is 4.79 Å². The van der Waals surface area contributed by atoms with Crippen LogP contribution in [0.1, 0.15) is 36.8 Å². The fourth-order valence-electron chi connectivity index (χ4n) is 3.94. The molecule has 2 aromatic rings. The third-order valence-electron chi connectivity index (χ3n) is 6.54. The summed E-state index contributed by atoms with van der Waals surface area (Å²) >= 11 is 0. The zero-order valence-electron chi connectivity index (χ0n) is 21.4. The molecule has 1 heterocycles. The first-order valence-corrected chi connectivity index (χ1v) is 11.7. The van der Waals surface area contributed by atoms with Crippen molar-refractivity contribution in [1.82, 2.24) is 20.8 Å². The number of amides is 1. The summed E-state index contributed by atoms with van der Waals surface area (Å²) in [6.07, 6.45) is -7.27. The summed E-state index contributed by atoms with van der Waals surface area (Å²) in [5, 5.41) is 23.6. The third kappa shape index (κ3) is 7.13. The Morgan fingerprint density at radius 1 is 1.14 bits per heavy atom. The molecule has 206 valence electrons. The van der Waals surface area contributed by atoms with Crippen molar-refractivity contribution in [2.45, 2.75) is 57.9 Å². The van der Waals surface area contributed by atoms with Gasteiger partial charge in [0, 0.05) is 35.4 Å². The average molecular weight is 533 g/mol. The lowest BCUT2D eigenvalue weighted by Crippen LogP contribution is -2.61. The second-order valence-electron chi connectivity index (χ2n) is 9.30. The van der Waals surface area contributed by atoms with Crippen molar-refractivity contribution in [3.63, 3.8) is 0 Å². The SMILES string of the molecule is C=CC(F)[C@H](C)[C@H](NCC(O)(CNC(=O)c1cc(OC)c2nnc(C)cc2c1)C(F)(F)F)[C@@H](C)[C@H](C)F. The highest BCUT2D eigenvalue weighted by Crippen LogP contribution is 2.32. The number of alkyl halides is 5. The molecule has 0 spiro atoms. The van der Waals surface area contributed by atoms with E-state index < -0.39 is 61.0 Å². The number of methoxy groups -OCH3 is 1. The monoisotopic (exact) mass is 532 g/mol. The Labute approximate surface area is 212 Å². The third-order valence-corrected chi connectivity index (χ3v) is 6.54. The number of ether oxygens (including phenoxy) is 1. The maximum Gasteiger partial charge on any atom is 0.420 e. The van der Waals surface area contributed by atoms with Gasteiger partial charge in [-0.25, -0.2) is 8.78 Å². The van der Waals surface area contributed by atoms with Crippen molar-refractivity contribution < 1.29 is 36.6 Å². The molecule has 2 rings (SSSR count). The number of hydrogen-bond acceptors (Lipinski definition) is 6. The van der Waals surface area contributed by atoms with E-state index >= 15 is 0 Å². The molecule has 0 aliphatic rings. The minimum Gasteiger partial charge on any atom is -0.494 e. The first-order chi connectivity index (χ1) is 17.1. The van der Waals surface area contributed by atoms with Crippen molar-refractivity contribution in [3.05, 3.63) is 42.1 Å². The van der Waals surface area contributed by atoms with Crippen LogP contribution in [0.3, 0.4) is 0 Å². The number of benzene rings is 1. The molecule has 0 saturated heterocycles. The smallest absolute Gasteiger partial charge is 0.420 e. The van der Waals surface area contributed by atoms with Crippen LogP contribution in [0, 0.1) is 18.8 Å². The van der Waals surface area contributed by atoms with Crippen LogP contribution < -0.4 is 15.4 Å². The second kappa shape index (κ2) is 12.1. The van der Waals surface area contributed by atoms with E-state index in [9.17, 15) is 31.9 Å². The Kier molecular flexibility index (Phi) is 9.95. The van der Waals surface area contributed by atoms with Crippen LogP contribution in [-0.4, -0.2) is 71.6 Å². The van der Waals surface area contributed by atoms with Gasteiger partial charge in [-0.2, -0.15) is 18.3 Å². The molecule has 0 fully saturated rings. The fourth-order valence-corrected chi connectivity index (χ4v) is 3.94. The van der Waals surface area contributed by atoms with Gasteiger partial charge in [0.05, 0.1) is 19.3 Å². The summed E-state index contributed by atoms with van der Waals surface area (Å²) in [6.45, 7) is 6.76. The first-order valence-electron chi connectivity index (χ1n) is 11.7. The van der Waals surface area contributed by atoms with Crippen molar-refractivity contribution in [2.24, 2.45) is 11.8 Å². The molecular formula is C25H33F5N4O3. The summed E-state index contributed by atoms with van der Waals surface area (Å²) in [5.74, 6) is -2.52. The van der Waals surface area contributed by atoms with E-state index in [1.54, 1.807) is 13.0 Å². The minimum atomic E-state index is -5.17. The van der Waals surface area contributed by atoms with E-state index in [1.807, 2.05) is 0 Å². The summed E-state index contributed by atoms with van der Waals surface area (Å²) in [7, 11) is 1.34. The van der Waals surface area contributed by atoms with Gasteiger partial charge in [-0.15, -0.1) is 11.7 Å². The fraction of sp³-hybridized carbons (Fsp3) is 0.560. The number of carbonyl (C=O) groups excluding carboxylic acids is 1. The molecule has 0 aliphatic carbocycles. The Bertz CT molecular complexity index is 1100. The molecule has 1 aromatic heterocycles. The molecule has 0 bridgehead atoms. The maximum atomic E-state index is 14.3. The van der Waals surface area contributed by atoms with Gasteiger partial charge in [0.2, 0.25) is 0 Å². The molecular weight excluding hydrogens is 499 g/mol. The van der Waals surface area contributed by atoms with E-state index in [2.05, 4.69) is 27.4 Å². The van der Waals surface area contributed by atoms with Crippen LogP contribution in [0.4, 0.5) is 22.0 Å². The Morgan fingerprint density at radius 2 is 1.78 bits per heavy atom. The molecule has 12 heteroatoms. The van der Waals surface area contributed by atoms with E-state index in [0.29, 0.717) is 16.6 Å². The zero-order valence-corrected chi connectivity index (χ0v) is 21.4. The molecule has 0 saturated carbocycles. The van der Waals surface area contributed by atoms with Crippen LogP contribution in [0.15, 0.2) is 30.9 Å². The molecule has 0 radical (unpaired) electrons. The van der Waals surface area contributed by atoms with Crippen molar-refractivity contribution in [2.75, 3.05) is 20.2 Å². The highest BCUT2D eigenvalue weighted by Gasteiger charge is 2.54. The van der Waals surface area contributed by atoms with Gasteiger partial charge in [0.15, 0.2) is 5.60 Å². The van der Waals surface area contributed by atoms with Gasteiger partial charge in [-0.1, -0.05) is 19.9 Å². The predicted octanol–water partition coefficient (Wildman–Crippen LogP) is 4.08. The number of aliphatic hydroxyl groups is 1. The first kappa shape index (κ1) is 30.4. The molecule has 7 nitrogen and oxygen atoms in total. The summed E-state index contributed by atoms with van der Waals surface area (Å²) in [4.78, 5) is 12.8. The van der Waals surface area contributed by atoms with Crippen LogP contribution in [0.5, 0.6) is 5.75 Å². The maximum absolute atomic E-state index is 14.3. The Morgan fingerprint density at radius 3 is 2.32 bits per heavy atom. The van der Waals surface area contributed by atoms with Gasteiger partial charge in [0.25, 0.3) is 5.91 Å². The van der Waals surface area contributed by atoms with Crippen molar-refractivity contribution in [3.8, 4) is 5.75 Å². The number of halogens is 5. The van der Waals surface area contributed by atoms with Gasteiger partial charge in [0.1, 0.15) is 23.6 Å². The van der Waals surface area contributed by atoms with Gasteiger partial charge in [-0.05, 0) is 32.0 Å². The lowest BCUT2D eigenvalue weighted by atomic mass is 9.84. The quantitative estimate of drug-likeness (QED) is 0.282. The highest BCUT2D eigenvalue weighted by atomic mass is 19.4. The molecule has 6 atom stereocenters. The molecule has 2 unspecified atom stereocenters. The number of fused-ring (bicyclic) bond motifs is 1. The van der Waals surface area contributed by atoms with Crippen molar-refractivity contribution in [1.29, 1.82) is 0 Å². The number of hydrogen-bond donors (Lipinski definition) is 3. The average Bonchev–Trinajstić information content (AvgIpc) is 2.84. The summed E-state index contributed by atoms with van der Waals surface area (Å²) in [6, 6.07) is 3.28. The summed E-state index contributed by atoms with van der Waals surface area (Å²) < 4.78 is 75.3. The van der Waals surface area contributed by atoms with Gasteiger partial charge >= 0.3 is 6.18 Å². The van der Waals surface area contributed by atoms with Crippen LogP contribution in [0.2, 0.25) is 0 Å². The molecule has 1 amide bonds. The predicted molar refractivity (Wildman–Crippen MR) is 130 cm³/mol. The van der Waals surface area contributed by atoms with E-state index in [0.717, 1.165) is 6.08 Å². The van der Waals surface area contributed by atoms with E-state index in [4.69, 9.17) is 4.74 Å². The number of carbonyl (C=O) groups is 1. The van der Waals surface area contributed by atoms with Crippen LogP contribution in [-0.2, 0) is 0 Å². The standard InChI is InChI=1S/C25H33F5N4O3/c1-7-19(27)15(4)21(14(3)16(5)26)31-11-24(36,25(28,29)30)12-32-23(35)18-9-17-8-13(2)33-34-22(17)20(10-18)37-6/h7-10,14-16,19,21,31,36H,1,11-12H2,2-6H3,(H,32,35)/t14-,15-,16-,19?,21+,24?/m0/s1. The molecule has 37 heavy (non-hydrogen) atoms. The number of aromatic nitrogens is 2. The number of nitrogens with one attached hydrogen (secondary N) is 2. The minimum absolute atomic E-state index is 0.0214. The largest absolute Gasteiger partial charge is 0.494 e.